The van der Waals surface area contributed by atoms with E-state index in [0.717, 1.165) is 5.70 Å². The number of ether oxygens (including phenoxy) is 1. The van der Waals surface area contributed by atoms with Crippen LogP contribution in [0, 0.1) is 10.8 Å². The molecule has 31 heavy (non-hydrogen) atoms. The quantitative estimate of drug-likeness (QED) is 0.665. The summed E-state index contributed by atoms with van der Waals surface area (Å²) < 4.78 is 10.9. The molecule has 0 amide bonds. The molecule has 0 bridgehead atoms. The van der Waals surface area contributed by atoms with Crippen LogP contribution in [-0.2, 0) is 27.2 Å². The molecule has 0 N–H and O–H groups in total. The fourth-order valence-corrected chi connectivity index (χ4v) is 5.06. The van der Waals surface area contributed by atoms with Crippen molar-refractivity contribution >= 4 is 17.3 Å². The molecular weight excluding hydrogens is 396 g/mol. The average Bonchev–Trinajstić information content (AvgIpc) is 3.07. The summed E-state index contributed by atoms with van der Waals surface area (Å²) in [5.74, 6) is 0.399. The van der Waals surface area contributed by atoms with Gasteiger partial charge in [0.05, 0.1) is 30.0 Å². The summed E-state index contributed by atoms with van der Waals surface area (Å²) in [6, 6.07) is 0. The summed E-state index contributed by atoms with van der Waals surface area (Å²) in [4.78, 5) is 41.0. The molecule has 1 aliphatic heterocycles. The van der Waals surface area contributed by atoms with Crippen molar-refractivity contribution in [1.29, 1.82) is 0 Å². The molecule has 0 atom stereocenters. The minimum absolute atomic E-state index is 0.0265. The molecule has 0 spiro atoms. The zero-order valence-electron chi connectivity index (χ0n) is 19.0. The first-order valence-electron chi connectivity index (χ1n) is 11.2. The van der Waals surface area contributed by atoms with Crippen LogP contribution in [-0.4, -0.2) is 53.7 Å². The van der Waals surface area contributed by atoms with Gasteiger partial charge < -0.3 is 14.2 Å². The highest BCUT2D eigenvalue weighted by molar-refractivity contribution is 6.21. The number of Topliss-reactive ketones (excluding diaryl/α,β-unsaturated/α-hetero) is 3. The Balaban J connectivity index is 1.56. The van der Waals surface area contributed by atoms with Crippen LogP contribution < -0.4 is 0 Å². The molecule has 0 aromatic carbocycles. The lowest BCUT2D eigenvalue weighted by molar-refractivity contribution is -0.123. The largest absolute Gasteiger partial charge is 0.378 e. The topological polar surface area (TPSA) is 89.7 Å². The molecule has 0 saturated carbocycles. The highest BCUT2D eigenvalue weighted by atomic mass is 16.5. The number of allylic oxidation sites excluding steroid dienone is 2. The van der Waals surface area contributed by atoms with Gasteiger partial charge >= 0.3 is 0 Å². The van der Waals surface area contributed by atoms with E-state index in [1.54, 1.807) is 0 Å². The number of ketones is 3. The van der Waals surface area contributed by atoms with Crippen molar-refractivity contribution in [2.24, 2.45) is 10.8 Å². The highest BCUT2D eigenvalue weighted by Crippen LogP contribution is 2.40. The third-order valence-corrected chi connectivity index (χ3v) is 6.50. The summed E-state index contributed by atoms with van der Waals surface area (Å²) in [6.45, 7) is 10.8. The van der Waals surface area contributed by atoms with E-state index in [-0.39, 0.29) is 34.6 Å². The molecule has 7 nitrogen and oxygen atoms in total. The summed E-state index contributed by atoms with van der Waals surface area (Å²) >= 11 is 0. The van der Waals surface area contributed by atoms with Crippen molar-refractivity contribution in [3.63, 3.8) is 0 Å². The molecule has 3 aliphatic rings. The minimum Gasteiger partial charge on any atom is -0.378 e. The van der Waals surface area contributed by atoms with Crippen molar-refractivity contribution in [1.82, 2.24) is 10.1 Å². The Morgan fingerprint density at radius 3 is 2.32 bits per heavy atom. The molecule has 0 unspecified atom stereocenters. The summed E-state index contributed by atoms with van der Waals surface area (Å²) in [5.41, 5.74) is 1.97. The van der Waals surface area contributed by atoms with E-state index in [0.29, 0.717) is 81.0 Å². The van der Waals surface area contributed by atoms with E-state index in [1.807, 2.05) is 13.8 Å². The maximum absolute atomic E-state index is 13.2. The molecule has 0 radical (unpaired) electrons. The van der Waals surface area contributed by atoms with Crippen molar-refractivity contribution in [3.8, 4) is 0 Å². The van der Waals surface area contributed by atoms with Gasteiger partial charge in [-0.1, -0.05) is 32.9 Å². The van der Waals surface area contributed by atoms with E-state index in [9.17, 15) is 14.4 Å². The van der Waals surface area contributed by atoms with Crippen molar-refractivity contribution in [3.05, 3.63) is 28.3 Å². The van der Waals surface area contributed by atoms with Crippen LogP contribution in [0.4, 0.5) is 0 Å². The fraction of sp³-hybridized carbons (Fsp3) is 0.667. The molecular formula is C24H32N2O5. The van der Waals surface area contributed by atoms with Crippen LogP contribution in [0.1, 0.15) is 75.2 Å². The van der Waals surface area contributed by atoms with E-state index < -0.39 is 0 Å². The predicted molar refractivity (Wildman–Crippen MR) is 114 cm³/mol. The normalized spacial score (nSPS) is 23.2. The molecule has 2 aliphatic carbocycles. The van der Waals surface area contributed by atoms with Gasteiger partial charge in [-0.25, -0.2) is 0 Å². The summed E-state index contributed by atoms with van der Waals surface area (Å²) in [5, 5.41) is 4.11. The number of nitrogens with zero attached hydrogens (tertiary/aromatic N) is 2. The zero-order chi connectivity index (χ0) is 22.4. The van der Waals surface area contributed by atoms with Gasteiger partial charge in [-0.3, -0.25) is 14.4 Å². The lowest BCUT2D eigenvalue weighted by atomic mass is 9.74. The van der Waals surface area contributed by atoms with Gasteiger partial charge in [0.25, 0.3) is 0 Å². The number of rotatable bonds is 5. The van der Waals surface area contributed by atoms with Gasteiger partial charge in [-0.05, 0) is 17.3 Å². The van der Waals surface area contributed by atoms with E-state index in [2.05, 4.69) is 23.9 Å². The van der Waals surface area contributed by atoms with Crippen LogP contribution in [0.15, 0.2) is 15.8 Å². The van der Waals surface area contributed by atoms with E-state index >= 15 is 0 Å². The van der Waals surface area contributed by atoms with E-state index in [4.69, 9.17) is 9.26 Å². The van der Waals surface area contributed by atoms with Gasteiger partial charge in [-0.2, -0.15) is 0 Å². The minimum atomic E-state index is -0.168. The first-order valence-corrected chi connectivity index (χ1v) is 11.2. The second kappa shape index (κ2) is 8.01. The van der Waals surface area contributed by atoms with Crippen LogP contribution in [0.5, 0.6) is 0 Å². The smallest absolute Gasteiger partial charge is 0.168 e. The van der Waals surface area contributed by atoms with Crippen LogP contribution in [0.25, 0.3) is 0 Å². The van der Waals surface area contributed by atoms with Crippen LogP contribution in [0.3, 0.4) is 0 Å². The number of aromatic nitrogens is 1. The number of aryl methyl sites for hydroxylation is 1. The van der Waals surface area contributed by atoms with Crippen molar-refractivity contribution < 1.29 is 23.6 Å². The third-order valence-electron chi connectivity index (χ3n) is 6.50. The van der Waals surface area contributed by atoms with Crippen molar-refractivity contribution in [2.45, 2.75) is 66.2 Å². The molecule has 1 aromatic heterocycles. The molecule has 1 fully saturated rings. The van der Waals surface area contributed by atoms with Gasteiger partial charge in [-0.15, -0.1) is 0 Å². The molecule has 1 saturated heterocycles. The van der Waals surface area contributed by atoms with Gasteiger partial charge in [0.15, 0.2) is 17.3 Å². The second-order valence-electron chi connectivity index (χ2n) is 10.7. The number of hydrogen-bond donors (Lipinski definition) is 0. The van der Waals surface area contributed by atoms with E-state index in [1.165, 1.54) is 0 Å². The van der Waals surface area contributed by atoms with Gasteiger partial charge in [0.1, 0.15) is 5.76 Å². The zero-order valence-corrected chi connectivity index (χ0v) is 19.0. The standard InChI is InChI=1S/C24H32N2O5/c1-23(2)11-16(26-7-9-30-10-8-26)22(19(29)13-23)17(27)6-5-15-21-18(28)12-24(3,4)14-20(21)31-25-15/h5-14H2,1-4H3. The first-order chi connectivity index (χ1) is 14.6. The summed E-state index contributed by atoms with van der Waals surface area (Å²) in [6.07, 6.45) is 2.63. The Morgan fingerprint density at radius 2 is 1.61 bits per heavy atom. The Labute approximate surface area is 183 Å². The number of carbonyl (C=O) groups is 3. The Hall–Kier alpha value is -2.28. The van der Waals surface area contributed by atoms with Crippen LogP contribution >= 0.6 is 0 Å². The maximum atomic E-state index is 13.2. The third kappa shape index (κ3) is 4.52. The predicted octanol–water partition coefficient (Wildman–Crippen LogP) is 3.31. The number of morpholine rings is 1. The SMILES string of the molecule is CC1(C)CC(=O)C(C(=O)CCc2noc3c2C(=O)CC(C)(C)C3)=C(N2CCOCC2)C1. The monoisotopic (exact) mass is 428 g/mol. The van der Waals surface area contributed by atoms with Gasteiger partial charge in [0.2, 0.25) is 0 Å². The fourth-order valence-electron chi connectivity index (χ4n) is 5.06. The Bertz CT molecular complexity index is 947. The lowest BCUT2D eigenvalue weighted by Gasteiger charge is -2.39. The lowest BCUT2D eigenvalue weighted by Crippen LogP contribution is -2.41. The highest BCUT2D eigenvalue weighted by Gasteiger charge is 2.39. The molecule has 2 heterocycles. The maximum Gasteiger partial charge on any atom is 0.168 e. The molecule has 168 valence electrons. The van der Waals surface area contributed by atoms with Crippen molar-refractivity contribution in [2.75, 3.05) is 26.3 Å². The summed E-state index contributed by atoms with van der Waals surface area (Å²) in [7, 11) is 0. The molecule has 1 aromatic rings. The number of carbonyl (C=O) groups excluding carboxylic acids is 3. The Morgan fingerprint density at radius 1 is 0.968 bits per heavy atom. The van der Waals surface area contributed by atoms with Crippen LogP contribution in [0.2, 0.25) is 0 Å². The number of fused-ring (bicyclic) bond motifs is 1. The first kappa shape index (κ1) is 21.9. The second-order valence-corrected chi connectivity index (χ2v) is 10.7. The average molecular weight is 429 g/mol. The number of hydrogen-bond acceptors (Lipinski definition) is 7. The molecule has 7 heteroatoms. The molecule has 4 rings (SSSR count). The van der Waals surface area contributed by atoms with Gasteiger partial charge in [0, 0.05) is 50.9 Å². The Kier molecular flexibility index (Phi) is 5.66.